The Bertz CT molecular complexity index is 1160. The zero-order valence-electron chi connectivity index (χ0n) is 23.7. The number of piperidine rings is 1. The lowest BCUT2D eigenvalue weighted by Gasteiger charge is -2.32. The second-order valence-corrected chi connectivity index (χ2v) is 9.46. The predicted molar refractivity (Wildman–Crippen MR) is 154 cm³/mol. The molecule has 0 bridgehead atoms. The van der Waals surface area contributed by atoms with Crippen LogP contribution in [0, 0.1) is 5.92 Å². The summed E-state index contributed by atoms with van der Waals surface area (Å²) in [7, 11) is 4.69. The van der Waals surface area contributed by atoms with Gasteiger partial charge in [0.1, 0.15) is 11.5 Å². The first-order valence-corrected chi connectivity index (χ1v) is 13.5. The maximum absolute atomic E-state index is 12.5. The van der Waals surface area contributed by atoms with E-state index in [-0.39, 0.29) is 30.9 Å². The summed E-state index contributed by atoms with van der Waals surface area (Å²) in [6.07, 6.45) is 0.811. The zero-order valence-corrected chi connectivity index (χ0v) is 23.7. The van der Waals surface area contributed by atoms with Crippen molar-refractivity contribution in [1.29, 1.82) is 0 Å². The zero-order chi connectivity index (χ0) is 28.9. The number of aliphatic imine (C=N–C) groups is 1. The number of anilines is 1. The number of hydrogen-bond acceptors (Lipinski definition) is 8. The fraction of sp³-hybridized carbons (Fsp3) is 0.483. The third-order valence-electron chi connectivity index (χ3n) is 6.72. The highest BCUT2D eigenvalue weighted by Gasteiger charge is 2.27. The normalized spacial score (nSPS) is 16.5. The van der Waals surface area contributed by atoms with E-state index < -0.39 is 6.10 Å². The Kier molecular flexibility index (Phi) is 12.0. The van der Waals surface area contributed by atoms with Gasteiger partial charge in [-0.15, -0.1) is 0 Å². The number of amides is 1. The molecule has 218 valence electrons. The van der Waals surface area contributed by atoms with Crippen LogP contribution in [0.4, 0.5) is 5.69 Å². The third-order valence-corrected chi connectivity index (χ3v) is 6.72. The van der Waals surface area contributed by atoms with Crippen LogP contribution in [0.1, 0.15) is 37.0 Å². The fourth-order valence-electron chi connectivity index (χ4n) is 4.63. The molecular weight excluding hydrogens is 514 g/mol. The smallest absolute Gasteiger partial charge is 0.310 e. The molecule has 1 fully saturated rings. The average Bonchev–Trinajstić information content (AvgIpc) is 2.98. The first-order chi connectivity index (χ1) is 19.4. The van der Waals surface area contributed by atoms with Crippen molar-refractivity contribution in [2.75, 3.05) is 59.4 Å². The van der Waals surface area contributed by atoms with Gasteiger partial charge < -0.3 is 35.3 Å². The van der Waals surface area contributed by atoms with Gasteiger partial charge in [-0.05, 0) is 56.1 Å². The van der Waals surface area contributed by atoms with Crippen molar-refractivity contribution >= 4 is 23.5 Å². The number of para-hydroxylation sites is 1. The summed E-state index contributed by atoms with van der Waals surface area (Å²) >= 11 is 0. The Morgan fingerprint density at radius 2 is 1.95 bits per heavy atom. The number of carbonyl (C=O) groups is 2. The van der Waals surface area contributed by atoms with Crippen LogP contribution < -0.4 is 25.4 Å². The molecular formula is C29H41N5O6. The molecule has 0 saturated carbocycles. The number of methoxy groups -OCH3 is 2. The van der Waals surface area contributed by atoms with Gasteiger partial charge in [0.25, 0.3) is 0 Å². The standard InChI is InChI=1S/C29H41N5O6/c1-5-40-28(37)21-10-8-14-34(19-21)18-20-9-6-7-11-24(20)33-29(30-2)32-17-27(36)31-16-25(35)23-15-22(38-3)12-13-26(23)39-4/h6-7,9,11-13,15,21,25,35H,5,8,10,14,16-19H2,1-4H3,(H,31,36)(H2,30,32,33). The maximum atomic E-state index is 12.5. The molecule has 0 radical (unpaired) electrons. The summed E-state index contributed by atoms with van der Waals surface area (Å²) in [6, 6.07) is 13.0. The van der Waals surface area contributed by atoms with E-state index in [2.05, 4.69) is 25.8 Å². The number of nitrogens with zero attached hydrogens (tertiary/aromatic N) is 2. The molecule has 0 aliphatic carbocycles. The molecule has 40 heavy (non-hydrogen) atoms. The third kappa shape index (κ3) is 8.85. The van der Waals surface area contributed by atoms with Crippen molar-refractivity contribution in [3.8, 4) is 11.5 Å². The quantitative estimate of drug-likeness (QED) is 0.177. The average molecular weight is 556 g/mol. The van der Waals surface area contributed by atoms with E-state index in [4.69, 9.17) is 14.2 Å². The predicted octanol–water partition coefficient (Wildman–Crippen LogP) is 2.32. The van der Waals surface area contributed by atoms with Crippen molar-refractivity contribution in [3.63, 3.8) is 0 Å². The van der Waals surface area contributed by atoms with Crippen LogP contribution in [0.2, 0.25) is 0 Å². The molecule has 4 N–H and O–H groups in total. The molecule has 1 aliphatic rings. The van der Waals surface area contributed by atoms with Gasteiger partial charge in [-0.3, -0.25) is 19.5 Å². The van der Waals surface area contributed by atoms with Crippen LogP contribution in [0.25, 0.3) is 0 Å². The maximum Gasteiger partial charge on any atom is 0.310 e. The number of guanidine groups is 1. The van der Waals surface area contributed by atoms with E-state index >= 15 is 0 Å². The molecule has 1 heterocycles. The number of ether oxygens (including phenoxy) is 3. The molecule has 11 heteroatoms. The largest absolute Gasteiger partial charge is 0.497 e. The molecule has 2 aromatic carbocycles. The molecule has 3 rings (SSSR count). The number of nitrogens with one attached hydrogen (secondary N) is 3. The molecule has 0 spiro atoms. The van der Waals surface area contributed by atoms with Crippen LogP contribution in [-0.4, -0.2) is 81.9 Å². The molecule has 1 aliphatic heterocycles. The Morgan fingerprint density at radius 3 is 2.67 bits per heavy atom. The molecule has 2 atom stereocenters. The highest BCUT2D eigenvalue weighted by Crippen LogP contribution is 2.29. The fourth-order valence-corrected chi connectivity index (χ4v) is 4.63. The lowest BCUT2D eigenvalue weighted by Crippen LogP contribution is -2.41. The van der Waals surface area contributed by atoms with E-state index in [9.17, 15) is 14.7 Å². The van der Waals surface area contributed by atoms with Crippen molar-refractivity contribution < 1.29 is 28.9 Å². The van der Waals surface area contributed by atoms with E-state index in [1.54, 1.807) is 32.4 Å². The van der Waals surface area contributed by atoms with E-state index in [1.165, 1.54) is 7.11 Å². The first kappa shape index (κ1) is 30.7. The van der Waals surface area contributed by atoms with Gasteiger partial charge in [-0.1, -0.05) is 18.2 Å². The number of benzene rings is 2. The summed E-state index contributed by atoms with van der Waals surface area (Å²) < 4.78 is 15.8. The molecule has 2 aromatic rings. The highest BCUT2D eigenvalue weighted by molar-refractivity contribution is 5.96. The topological polar surface area (TPSA) is 134 Å². The van der Waals surface area contributed by atoms with Gasteiger partial charge in [0.15, 0.2) is 5.96 Å². The molecule has 1 amide bonds. The number of hydrogen-bond donors (Lipinski definition) is 4. The van der Waals surface area contributed by atoms with Gasteiger partial charge in [0.05, 0.1) is 39.4 Å². The minimum Gasteiger partial charge on any atom is -0.497 e. The summed E-state index contributed by atoms with van der Waals surface area (Å²) in [5.74, 6) is 0.972. The Labute approximate surface area is 235 Å². The van der Waals surface area contributed by atoms with E-state index in [0.29, 0.717) is 42.7 Å². The first-order valence-electron chi connectivity index (χ1n) is 13.5. The minimum atomic E-state index is -0.975. The number of carbonyl (C=O) groups excluding carboxylic acids is 2. The number of aliphatic hydroxyl groups is 1. The number of aliphatic hydroxyl groups excluding tert-OH is 1. The minimum absolute atomic E-state index is 0.00152. The van der Waals surface area contributed by atoms with Gasteiger partial charge in [0, 0.05) is 37.9 Å². The molecule has 1 saturated heterocycles. The Morgan fingerprint density at radius 1 is 1.15 bits per heavy atom. The van der Waals surface area contributed by atoms with Crippen molar-refractivity contribution in [2.24, 2.45) is 10.9 Å². The van der Waals surface area contributed by atoms with Gasteiger partial charge >= 0.3 is 5.97 Å². The monoisotopic (exact) mass is 555 g/mol. The van der Waals surface area contributed by atoms with Gasteiger partial charge in [-0.2, -0.15) is 0 Å². The summed E-state index contributed by atoms with van der Waals surface area (Å²) in [6.45, 7) is 4.41. The lowest BCUT2D eigenvalue weighted by atomic mass is 9.97. The number of esters is 1. The van der Waals surface area contributed by atoms with Gasteiger partial charge in [0.2, 0.25) is 5.91 Å². The van der Waals surface area contributed by atoms with Crippen LogP contribution in [0.5, 0.6) is 11.5 Å². The van der Waals surface area contributed by atoms with E-state index in [0.717, 1.165) is 30.6 Å². The molecule has 0 aromatic heterocycles. The van der Waals surface area contributed by atoms with Crippen LogP contribution >= 0.6 is 0 Å². The second kappa shape index (κ2) is 15.7. The van der Waals surface area contributed by atoms with Crippen LogP contribution in [0.3, 0.4) is 0 Å². The van der Waals surface area contributed by atoms with Crippen molar-refractivity contribution in [3.05, 3.63) is 53.6 Å². The summed E-state index contributed by atoms with van der Waals surface area (Å²) in [5.41, 5.74) is 2.43. The molecule has 11 nitrogen and oxygen atoms in total. The summed E-state index contributed by atoms with van der Waals surface area (Å²) in [5, 5.41) is 19.6. The van der Waals surface area contributed by atoms with Crippen LogP contribution in [0.15, 0.2) is 47.5 Å². The Balaban J connectivity index is 1.52. The highest BCUT2D eigenvalue weighted by atomic mass is 16.5. The second-order valence-electron chi connectivity index (χ2n) is 9.46. The number of rotatable bonds is 12. The SMILES string of the molecule is CCOC(=O)C1CCCN(Cc2ccccc2NC(=NC)NCC(=O)NCC(O)c2cc(OC)ccc2OC)C1. The Hall–Kier alpha value is -3.83. The van der Waals surface area contributed by atoms with Crippen LogP contribution in [-0.2, 0) is 20.9 Å². The molecule has 2 unspecified atom stereocenters. The van der Waals surface area contributed by atoms with Crippen molar-refractivity contribution in [2.45, 2.75) is 32.4 Å². The summed E-state index contributed by atoms with van der Waals surface area (Å²) in [4.78, 5) is 31.3. The van der Waals surface area contributed by atoms with E-state index in [1.807, 2.05) is 31.2 Å². The lowest BCUT2D eigenvalue weighted by molar-refractivity contribution is -0.150. The van der Waals surface area contributed by atoms with Gasteiger partial charge in [-0.25, -0.2) is 0 Å². The van der Waals surface area contributed by atoms with Crippen molar-refractivity contribution in [1.82, 2.24) is 15.5 Å². The number of likely N-dealkylation sites (tertiary alicyclic amines) is 1.